The number of likely N-dealkylation sites (N-methyl/N-ethyl adjacent to an activating group) is 1. The van der Waals surface area contributed by atoms with Crippen molar-refractivity contribution >= 4 is 13.7 Å². The Bertz CT molecular complexity index is 1400. The number of quaternary nitrogens is 1. The van der Waals surface area contributed by atoms with Crippen LogP contribution >= 0.6 is 7.82 Å². The molecule has 9 heteroatoms. The highest BCUT2D eigenvalue weighted by molar-refractivity contribution is 7.47. The number of phosphoric acid groups is 1. The van der Waals surface area contributed by atoms with Gasteiger partial charge in [-0.1, -0.05) is 366 Å². The molecule has 0 aromatic heterocycles. The molecule has 0 aliphatic rings. The molecule has 0 bridgehead atoms. The second-order valence-electron chi connectivity index (χ2n) is 27.0. The summed E-state index contributed by atoms with van der Waals surface area (Å²) in [5.41, 5.74) is 0. The number of allylic oxidation sites excluding steroid dienone is 4. The van der Waals surface area contributed by atoms with Crippen molar-refractivity contribution in [2.24, 2.45) is 0 Å². The second kappa shape index (κ2) is 65.4. The highest BCUT2D eigenvalue weighted by Crippen LogP contribution is 2.43. The predicted molar refractivity (Wildman–Crippen MR) is 365 cm³/mol. The molecule has 0 aromatic rings. The van der Waals surface area contributed by atoms with E-state index in [-0.39, 0.29) is 19.1 Å². The van der Waals surface area contributed by atoms with E-state index in [0.29, 0.717) is 23.9 Å². The van der Waals surface area contributed by atoms with Crippen LogP contribution < -0.4 is 5.32 Å². The summed E-state index contributed by atoms with van der Waals surface area (Å²) in [6, 6.07) is -0.760. The standard InChI is InChI=1S/C74H147N2O6P/c1-6-8-10-12-14-16-18-20-22-24-26-28-30-32-34-36-37-38-39-40-42-44-46-48-50-52-54-56-58-60-62-64-66-68-74(78)75-72(71-82-83(79,80)81-70-69-76(3,4)5)73(77)67-65-63-61-59-57-55-53-51-49-47-45-43-41-35-33-31-29-27-25-23-21-19-17-15-13-11-9-7-2/h18,20,24,26,72-73,77H,6-17,19,21-23,25,27-71H2,1-5H3,(H-,75,78,79,80)/p+1/b20-18-,26-24-. The lowest BCUT2D eigenvalue weighted by molar-refractivity contribution is -0.870. The zero-order valence-electron chi connectivity index (χ0n) is 56.7. The van der Waals surface area contributed by atoms with E-state index in [1.807, 2.05) is 21.1 Å². The quantitative estimate of drug-likeness (QED) is 0.0243. The maximum Gasteiger partial charge on any atom is 0.472 e. The molecule has 1 amide bonds. The second-order valence-corrected chi connectivity index (χ2v) is 28.5. The molecule has 0 aliphatic heterocycles. The van der Waals surface area contributed by atoms with Crippen LogP contribution in [0.15, 0.2) is 24.3 Å². The first-order chi connectivity index (χ1) is 40.5. The third-order valence-electron chi connectivity index (χ3n) is 17.5. The van der Waals surface area contributed by atoms with Gasteiger partial charge >= 0.3 is 7.82 Å². The van der Waals surface area contributed by atoms with Crippen LogP contribution in [0.4, 0.5) is 0 Å². The first kappa shape index (κ1) is 82.0. The number of aliphatic hydroxyl groups is 1. The Morgan fingerprint density at radius 2 is 0.687 bits per heavy atom. The zero-order valence-corrected chi connectivity index (χ0v) is 57.6. The number of rotatable bonds is 70. The van der Waals surface area contributed by atoms with Crippen LogP contribution in [0.5, 0.6) is 0 Å². The number of unbranched alkanes of at least 4 members (excludes halogenated alkanes) is 53. The molecule has 83 heavy (non-hydrogen) atoms. The summed E-state index contributed by atoms with van der Waals surface area (Å²) in [6.07, 6.45) is 85.8. The molecule has 0 saturated carbocycles. The molecule has 0 fully saturated rings. The van der Waals surface area contributed by atoms with E-state index in [4.69, 9.17) is 9.05 Å². The summed E-state index contributed by atoms with van der Waals surface area (Å²) >= 11 is 0. The van der Waals surface area contributed by atoms with Crippen molar-refractivity contribution in [3.8, 4) is 0 Å². The lowest BCUT2D eigenvalue weighted by Gasteiger charge is -2.26. The summed E-state index contributed by atoms with van der Waals surface area (Å²) in [6.45, 7) is 4.95. The van der Waals surface area contributed by atoms with Gasteiger partial charge < -0.3 is 19.8 Å². The van der Waals surface area contributed by atoms with Gasteiger partial charge in [-0.3, -0.25) is 13.8 Å². The average molecular weight is 1190 g/mol. The molecule has 8 nitrogen and oxygen atoms in total. The Kier molecular flexibility index (Phi) is 64.6. The fourth-order valence-corrected chi connectivity index (χ4v) is 12.4. The van der Waals surface area contributed by atoms with Crippen LogP contribution in [0.1, 0.15) is 393 Å². The van der Waals surface area contributed by atoms with Crippen molar-refractivity contribution in [2.75, 3.05) is 40.9 Å². The molecule has 0 radical (unpaired) electrons. The Balaban J connectivity index is 3.96. The maximum absolute atomic E-state index is 13.1. The van der Waals surface area contributed by atoms with Crippen LogP contribution in [0.25, 0.3) is 0 Å². The monoisotopic (exact) mass is 1190 g/mol. The number of nitrogens with one attached hydrogen (secondary N) is 1. The van der Waals surface area contributed by atoms with E-state index in [1.165, 1.54) is 321 Å². The van der Waals surface area contributed by atoms with E-state index in [9.17, 15) is 19.4 Å². The molecule has 494 valence electrons. The van der Waals surface area contributed by atoms with Gasteiger partial charge in [-0.25, -0.2) is 4.57 Å². The highest BCUT2D eigenvalue weighted by atomic mass is 31.2. The molecule has 0 aromatic carbocycles. The Hall–Kier alpha value is -1.02. The van der Waals surface area contributed by atoms with Crippen LogP contribution in [-0.2, 0) is 18.4 Å². The SMILES string of the molecule is CCCCCCC/C=C\C/C=C\CCCCCCCCCCCCCCCCCCCCCCCC(=O)NC(COP(=O)(O)OCC[N+](C)(C)C)C(O)CCCCCCCCCCCCCCCCCCCCCCCCCCCCCC. The molecule has 0 rings (SSSR count). The van der Waals surface area contributed by atoms with Crippen molar-refractivity contribution in [1.29, 1.82) is 0 Å². The lowest BCUT2D eigenvalue weighted by Crippen LogP contribution is -2.46. The minimum atomic E-state index is -4.33. The molecule has 0 aliphatic carbocycles. The topological polar surface area (TPSA) is 105 Å². The van der Waals surface area contributed by atoms with Crippen molar-refractivity contribution in [2.45, 2.75) is 405 Å². The number of amides is 1. The number of aliphatic hydroxyl groups excluding tert-OH is 1. The van der Waals surface area contributed by atoms with E-state index in [1.54, 1.807) is 0 Å². The largest absolute Gasteiger partial charge is 0.472 e. The smallest absolute Gasteiger partial charge is 0.391 e. The fourth-order valence-electron chi connectivity index (χ4n) is 11.7. The van der Waals surface area contributed by atoms with Gasteiger partial charge in [0.2, 0.25) is 5.91 Å². The zero-order chi connectivity index (χ0) is 60.5. The van der Waals surface area contributed by atoms with Crippen LogP contribution in [-0.4, -0.2) is 73.4 Å². The molecular weight excluding hydrogens is 1040 g/mol. The minimum Gasteiger partial charge on any atom is -0.391 e. The van der Waals surface area contributed by atoms with Crippen LogP contribution in [0.3, 0.4) is 0 Å². The van der Waals surface area contributed by atoms with E-state index in [0.717, 1.165) is 44.9 Å². The summed E-state index contributed by atoms with van der Waals surface area (Å²) in [4.78, 5) is 23.5. The van der Waals surface area contributed by atoms with Crippen molar-refractivity contribution in [3.05, 3.63) is 24.3 Å². The Labute approximate surface area is 519 Å². The minimum absolute atomic E-state index is 0.0778. The third-order valence-corrected chi connectivity index (χ3v) is 18.4. The summed E-state index contributed by atoms with van der Waals surface area (Å²) in [7, 11) is 1.64. The summed E-state index contributed by atoms with van der Waals surface area (Å²) in [5.74, 6) is -0.135. The van der Waals surface area contributed by atoms with Gasteiger partial charge in [0.05, 0.1) is 39.9 Å². The fraction of sp³-hybridized carbons (Fsp3) is 0.932. The number of carbonyl (C=O) groups is 1. The number of hydrogen-bond acceptors (Lipinski definition) is 5. The maximum atomic E-state index is 13.1. The molecular formula is C74H148N2O6P+. The molecule has 3 atom stereocenters. The van der Waals surface area contributed by atoms with Gasteiger partial charge in [0, 0.05) is 6.42 Å². The predicted octanol–water partition coefficient (Wildman–Crippen LogP) is 23.8. The van der Waals surface area contributed by atoms with Crippen molar-refractivity contribution in [1.82, 2.24) is 5.32 Å². The number of nitrogens with zero attached hydrogens (tertiary/aromatic N) is 1. The van der Waals surface area contributed by atoms with Gasteiger partial charge in [-0.2, -0.15) is 0 Å². The molecule has 0 saturated heterocycles. The van der Waals surface area contributed by atoms with E-state index >= 15 is 0 Å². The summed E-state index contributed by atoms with van der Waals surface area (Å²) < 4.78 is 23.9. The highest BCUT2D eigenvalue weighted by Gasteiger charge is 2.28. The molecule has 0 heterocycles. The normalized spacial score (nSPS) is 13.7. The van der Waals surface area contributed by atoms with Gasteiger partial charge in [-0.05, 0) is 44.9 Å². The number of hydrogen-bond donors (Lipinski definition) is 3. The van der Waals surface area contributed by atoms with E-state index in [2.05, 4.69) is 43.5 Å². The molecule has 3 N–H and O–H groups in total. The first-order valence-corrected chi connectivity index (χ1v) is 38.7. The number of carbonyl (C=O) groups excluding carboxylic acids is 1. The van der Waals surface area contributed by atoms with Crippen LogP contribution in [0, 0.1) is 0 Å². The first-order valence-electron chi connectivity index (χ1n) is 37.2. The van der Waals surface area contributed by atoms with Gasteiger partial charge in [0.25, 0.3) is 0 Å². The Morgan fingerprint density at radius 1 is 0.410 bits per heavy atom. The average Bonchev–Trinajstić information content (AvgIpc) is 3.49. The third kappa shape index (κ3) is 68.3. The van der Waals surface area contributed by atoms with Crippen molar-refractivity contribution in [3.63, 3.8) is 0 Å². The summed E-state index contributed by atoms with van der Waals surface area (Å²) in [5, 5.41) is 14.2. The number of phosphoric ester groups is 1. The van der Waals surface area contributed by atoms with Gasteiger partial charge in [0.1, 0.15) is 13.2 Å². The molecule has 3 unspecified atom stereocenters. The Morgan fingerprint density at radius 3 is 0.988 bits per heavy atom. The van der Waals surface area contributed by atoms with Gasteiger partial charge in [0.15, 0.2) is 0 Å². The van der Waals surface area contributed by atoms with Gasteiger partial charge in [-0.15, -0.1) is 0 Å². The lowest BCUT2D eigenvalue weighted by atomic mass is 10.0. The van der Waals surface area contributed by atoms with Crippen molar-refractivity contribution < 1.29 is 32.9 Å². The van der Waals surface area contributed by atoms with E-state index < -0.39 is 20.0 Å². The molecule has 0 spiro atoms. The van der Waals surface area contributed by atoms with Crippen LogP contribution in [0.2, 0.25) is 0 Å².